The average Bonchev–Trinajstić information content (AvgIpc) is 2.56. The molecule has 82 valence electrons. The van der Waals surface area contributed by atoms with Gasteiger partial charge in [-0.2, -0.15) is 5.26 Å². The van der Waals surface area contributed by atoms with Crippen LogP contribution in [0.1, 0.15) is 17.9 Å². The van der Waals surface area contributed by atoms with Gasteiger partial charge in [0, 0.05) is 12.5 Å². The van der Waals surface area contributed by atoms with Gasteiger partial charge in [-0.1, -0.05) is 0 Å². The molecular formula is C11H8F2N2O. The van der Waals surface area contributed by atoms with Crippen LogP contribution in [-0.2, 0) is 5.92 Å². The molecule has 0 aliphatic heterocycles. The summed E-state index contributed by atoms with van der Waals surface area (Å²) in [4.78, 5) is 3.96. The standard InChI is InChI=1S/C11H8F2N2O/c1-7-15-9-6-8(2-3-10(9)16-7)11(12,13)4-5-14/h2-3,6H,4H2,1H3. The lowest BCUT2D eigenvalue weighted by atomic mass is 10.1. The van der Waals surface area contributed by atoms with Crippen LogP contribution in [-0.4, -0.2) is 4.98 Å². The lowest BCUT2D eigenvalue weighted by molar-refractivity contribution is 0.00106. The third-order valence-corrected chi connectivity index (χ3v) is 2.22. The molecule has 0 bridgehead atoms. The minimum atomic E-state index is -3.14. The van der Waals surface area contributed by atoms with Crippen LogP contribution in [0.3, 0.4) is 0 Å². The molecule has 16 heavy (non-hydrogen) atoms. The van der Waals surface area contributed by atoms with E-state index >= 15 is 0 Å². The Hall–Kier alpha value is -1.96. The lowest BCUT2D eigenvalue weighted by Gasteiger charge is -2.12. The van der Waals surface area contributed by atoms with Crippen molar-refractivity contribution in [1.29, 1.82) is 5.26 Å². The predicted octanol–water partition coefficient (Wildman–Crippen LogP) is 3.14. The van der Waals surface area contributed by atoms with Gasteiger partial charge in [0.2, 0.25) is 0 Å². The van der Waals surface area contributed by atoms with E-state index in [2.05, 4.69) is 4.98 Å². The van der Waals surface area contributed by atoms with E-state index in [1.807, 2.05) is 0 Å². The number of aryl methyl sites for hydroxylation is 1. The van der Waals surface area contributed by atoms with E-state index in [4.69, 9.17) is 9.68 Å². The highest BCUT2D eigenvalue weighted by molar-refractivity contribution is 5.73. The molecular weight excluding hydrogens is 214 g/mol. The highest BCUT2D eigenvalue weighted by Gasteiger charge is 2.31. The Labute approximate surface area is 90.3 Å². The van der Waals surface area contributed by atoms with Crippen molar-refractivity contribution in [2.24, 2.45) is 0 Å². The van der Waals surface area contributed by atoms with Crippen molar-refractivity contribution >= 4 is 11.1 Å². The van der Waals surface area contributed by atoms with E-state index in [0.717, 1.165) is 0 Å². The number of benzene rings is 1. The van der Waals surface area contributed by atoms with Gasteiger partial charge in [0.25, 0.3) is 5.92 Å². The summed E-state index contributed by atoms with van der Waals surface area (Å²) >= 11 is 0. The number of oxazole rings is 1. The SMILES string of the molecule is Cc1nc2cc(C(F)(F)CC#N)ccc2o1. The van der Waals surface area contributed by atoms with Crippen molar-refractivity contribution in [3.8, 4) is 6.07 Å². The first-order valence-corrected chi connectivity index (χ1v) is 4.65. The van der Waals surface area contributed by atoms with E-state index < -0.39 is 12.3 Å². The molecule has 1 heterocycles. The smallest absolute Gasteiger partial charge is 0.286 e. The normalized spacial score (nSPS) is 11.6. The van der Waals surface area contributed by atoms with Gasteiger partial charge in [0.1, 0.15) is 11.9 Å². The number of nitrogens with zero attached hydrogens (tertiary/aromatic N) is 2. The molecule has 0 fully saturated rings. The number of hydrogen-bond acceptors (Lipinski definition) is 3. The van der Waals surface area contributed by atoms with Crippen LogP contribution < -0.4 is 0 Å². The van der Waals surface area contributed by atoms with E-state index in [0.29, 0.717) is 17.0 Å². The first-order chi connectivity index (χ1) is 7.53. The molecule has 2 rings (SSSR count). The van der Waals surface area contributed by atoms with Gasteiger partial charge in [0.05, 0.1) is 6.07 Å². The average molecular weight is 222 g/mol. The Balaban J connectivity index is 2.50. The molecule has 1 aromatic carbocycles. The van der Waals surface area contributed by atoms with Crippen molar-refractivity contribution in [2.45, 2.75) is 19.3 Å². The molecule has 0 aliphatic carbocycles. The minimum absolute atomic E-state index is 0.213. The number of aromatic nitrogens is 1. The quantitative estimate of drug-likeness (QED) is 0.784. The summed E-state index contributed by atoms with van der Waals surface area (Å²) in [6.45, 7) is 1.65. The van der Waals surface area contributed by atoms with Crippen molar-refractivity contribution < 1.29 is 13.2 Å². The number of alkyl halides is 2. The summed E-state index contributed by atoms with van der Waals surface area (Å²) in [5.74, 6) is -2.72. The van der Waals surface area contributed by atoms with Crippen molar-refractivity contribution in [1.82, 2.24) is 4.98 Å². The summed E-state index contributed by atoms with van der Waals surface area (Å²) < 4.78 is 32.0. The maximum absolute atomic E-state index is 13.4. The second-order valence-electron chi connectivity index (χ2n) is 3.45. The van der Waals surface area contributed by atoms with Crippen LogP contribution in [0.2, 0.25) is 0 Å². The van der Waals surface area contributed by atoms with Crippen LogP contribution in [0.5, 0.6) is 0 Å². The van der Waals surface area contributed by atoms with Gasteiger partial charge < -0.3 is 4.42 Å². The van der Waals surface area contributed by atoms with Crippen LogP contribution >= 0.6 is 0 Å². The van der Waals surface area contributed by atoms with Gasteiger partial charge in [-0.25, -0.2) is 13.8 Å². The molecule has 0 aliphatic rings. The van der Waals surface area contributed by atoms with E-state index in [1.165, 1.54) is 24.3 Å². The van der Waals surface area contributed by atoms with Gasteiger partial charge in [-0.15, -0.1) is 0 Å². The second kappa shape index (κ2) is 3.56. The Bertz CT molecular complexity index is 569. The fourth-order valence-corrected chi connectivity index (χ4v) is 1.47. The molecule has 2 aromatic rings. The molecule has 1 aromatic heterocycles. The highest BCUT2D eigenvalue weighted by atomic mass is 19.3. The van der Waals surface area contributed by atoms with Crippen molar-refractivity contribution in [2.75, 3.05) is 0 Å². The Morgan fingerprint density at radius 3 is 2.94 bits per heavy atom. The van der Waals surface area contributed by atoms with Crippen LogP contribution in [0.25, 0.3) is 11.1 Å². The Morgan fingerprint density at radius 2 is 2.25 bits per heavy atom. The number of hydrogen-bond donors (Lipinski definition) is 0. The van der Waals surface area contributed by atoms with Crippen LogP contribution in [0.15, 0.2) is 22.6 Å². The first kappa shape index (κ1) is 10.6. The fourth-order valence-electron chi connectivity index (χ4n) is 1.47. The van der Waals surface area contributed by atoms with E-state index in [1.54, 1.807) is 6.92 Å². The molecule has 0 saturated carbocycles. The van der Waals surface area contributed by atoms with Gasteiger partial charge in [-0.05, 0) is 18.2 Å². The molecule has 0 N–H and O–H groups in total. The van der Waals surface area contributed by atoms with E-state index in [-0.39, 0.29) is 5.56 Å². The Morgan fingerprint density at radius 1 is 1.50 bits per heavy atom. The zero-order chi connectivity index (χ0) is 11.8. The van der Waals surface area contributed by atoms with E-state index in [9.17, 15) is 8.78 Å². The summed E-state index contributed by atoms with van der Waals surface area (Å²) in [5, 5.41) is 8.32. The molecule has 0 saturated heterocycles. The van der Waals surface area contributed by atoms with Gasteiger partial charge in [-0.3, -0.25) is 0 Å². The van der Waals surface area contributed by atoms with Crippen molar-refractivity contribution in [3.63, 3.8) is 0 Å². The zero-order valence-corrected chi connectivity index (χ0v) is 8.50. The lowest BCUT2D eigenvalue weighted by Crippen LogP contribution is -2.11. The molecule has 5 heteroatoms. The molecule has 0 unspecified atom stereocenters. The fraction of sp³-hybridized carbons (Fsp3) is 0.273. The largest absolute Gasteiger partial charge is 0.441 e. The number of fused-ring (bicyclic) bond motifs is 1. The zero-order valence-electron chi connectivity index (χ0n) is 8.50. The molecule has 0 radical (unpaired) electrons. The summed E-state index contributed by atoms with van der Waals surface area (Å²) in [7, 11) is 0. The van der Waals surface area contributed by atoms with Crippen molar-refractivity contribution in [3.05, 3.63) is 29.7 Å². The summed E-state index contributed by atoms with van der Waals surface area (Å²) in [6, 6.07) is 5.41. The summed E-state index contributed by atoms with van der Waals surface area (Å²) in [5.41, 5.74) is 0.636. The molecule has 0 amide bonds. The maximum Gasteiger partial charge on any atom is 0.286 e. The number of nitriles is 1. The highest BCUT2D eigenvalue weighted by Crippen LogP contribution is 2.32. The molecule has 3 nitrogen and oxygen atoms in total. The third kappa shape index (κ3) is 1.74. The summed E-state index contributed by atoms with van der Waals surface area (Å²) in [6.07, 6.45) is -0.838. The maximum atomic E-state index is 13.4. The Kier molecular flexibility index (Phi) is 2.35. The second-order valence-corrected chi connectivity index (χ2v) is 3.45. The number of halogens is 2. The number of rotatable bonds is 2. The molecule has 0 atom stereocenters. The first-order valence-electron chi connectivity index (χ1n) is 4.65. The van der Waals surface area contributed by atoms with Crippen LogP contribution in [0, 0.1) is 18.3 Å². The molecule has 0 spiro atoms. The van der Waals surface area contributed by atoms with Crippen LogP contribution in [0.4, 0.5) is 8.78 Å². The predicted molar refractivity (Wildman–Crippen MR) is 52.9 cm³/mol. The topological polar surface area (TPSA) is 49.8 Å². The van der Waals surface area contributed by atoms with Gasteiger partial charge in [0.15, 0.2) is 11.5 Å². The monoisotopic (exact) mass is 222 g/mol. The third-order valence-electron chi connectivity index (χ3n) is 2.22. The van der Waals surface area contributed by atoms with Gasteiger partial charge >= 0.3 is 0 Å². The minimum Gasteiger partial charge on any atom is -0.441 e.